The first kappa shape index (κ1) is 17.2. The average Bonchev–Trinajstić information content (AvgIpc) is 2.64. The van der Waals surface area contributed by atoms with Gasteiger partial charge in [0.1, 0.15) is 18.1 Å². The highest BCUT2D eigenvalue weighted by atomic mass is 79.9. The van der Waals surface area contributed by atoms with Crippen molar-refractivity contribution in [3.8, 4) is 17.2 Å². The van der Waals surface area contributed by atoms with Crippen LogP contribution >= 0.6 is 15.9 Å². The highest BCUT2D eigenvalue weighted by molar-refractivity contribution is 9.10. The predicted molar refractivity (Wildman–Crippen MR) is 102 cm³/mol. The Balaban J connectivity index is 1.83. The first-order valence-electron chi connectivity index (χ1n) is 7.87. The lowest BCUT2D eigenvalue weighted by Gasteiger charge is -2.15. The van der Waals surface area contributed by atoms with Crippen molar-refractivity contribution in [2.24, 2.45) is 0 Å². The molecule has 0 spiro atoms. The van der Waals surface area contributed by atoms with Crippen LogP contribution in [0.3, 0.4) is 0 Å². The third-order valence-corrected chi connectivity index (χ3v) is 4.43. The molecule has 0 amide bonds. The van der Waals surface area contributed by atoms with Gasteiger partial charge in [-0.1, -0.05) is 42.5 Å². The molecule has 3 rings (SSSR count). The van der Waals surface area contributed by atoms with E-state index in [2.05, 4.69) is 15.9 Å². The van der Waals surface area contributed by atoms with Crippen molar-refractivity contribution >= 4 is 22.2 Å². The molecule has 4 heteroatoms. The van der Waals surface area contributed by atoms with Crippen LogP contribution in [0.5, 0.6) is 17.2 Å². The fourth-order valence-electron chi connectivity index (χ4n) is 2.43. The maximum absolute atomic E-state index is 11.3. The standard InChI is InChI=1S/C21H17BrO3/c1-15-19(24-14-16-7-3-2-4-8-16)11-6-12-20(15)25-21-17(13-23)9-5-10-18(21)22/h2-13H,14H2,1H3. The van der Waals surface area contributed by atoms with Gasteiger partial charge in [0.25, 0.3) is 0 Å². The van der Waals surface area contributed by atoms with E-state index >= 15 is 0 Å². The normalized spacial score (nSPS) is 10.3. The first-order chi connectivity index (χ1) is 12.2. The lowest BCUT2D eigenvalue weighted by atomic mass is 10.2. The van der Waals surface area contributed by atoms with Crippen molar-refractivity contribution < 1.29 is 14.3 Å². The van der Waals surface area contributed by atoms with E-state index in [0.717, 1.165) is 27.6 Å². The summed E-state index contributed by atoms with van der Waals surface area (Å²) in [6, 6.07) is 21.0. The fraction of sp³-hybridized carbons (Fsp3) is 0.0952. The Morgan fingerprint density at radius 2 is 1.64 bits per heavy atom. The summed E-state index contributed by atoms with van der Waals surface area (Å²) in [5.74, 6) is 1.91. The van der Waals surface area contributed by atoms with Crippen molar-refractivity contribution in [3.05, 3.63) is 87.9 Å². The topological polar surface area (TPSA) is 35.5 Å². The maximum Gasteiger partial charge on any atom is 0.153 e. The number of carbonyl (C=O) groups excluding carboxylic acids is 1. The number of aldehydes is 1. The van der Waals surface area contributed by atoms with Crippen LogP contribution < -0.4 is 9.47 Å². The molecule has 0 unspecified atom stereocenters. The summed E-state index contributed by atoms with van der Waals surface area (Å²) >= 11 is 3.43. The molecular formula is C21H17BrO3. The summed E-state index contributed by atoms with van der Waals surface area (Å²) in [6.07, 6.45) is 0.783. The molecule has 0 atom stereocenters. The second-order valence-corrected chi connectivity index (χ2v) is 6.39. The molecule has 0 fully saturated rings. The lowest BCUT2D eigenvalue weighted by Crippen LogP contribution is -1.99. The molecule has 0 saturated heterocycles. The molecule has 3 aromatic rings. The third kappa shape index (κ3) is 4.09. The summed E-state index contributed by atoms with van der Waals surface area (Å²) in [6.45, 7) is 2.42. The molecule has 0 saturated carbocycles. The van der Waals surface area contributed by atoms with E-state index in [0.29, 0.717) is 23.7 Å². The van der Waals surface area contributed by atoms with E-state index in [-0.39, 0.29) is 0 Å². The van der Waals surface area contributed by atoms with Gasteiger partial charge in [0.05, 0.1) is 10.0 Å². The van der Waals surface area contributed by atoms with Gasteiger partial charge in [0.15, 0.2) is 12.0 Å². The van der Waals surface area contributed by atoms with Crippen LogP contribution in [-0.4, -0.2) is 6.29 Å². The monoisotopic (exact) mass is 396 g/mol. The molecule has 126 valence electrons. The molecule has 0 N–H and O–H groups in total. The van der Waals surface area contributed by atoms with Gasteiger partial charge in [0.2, 0.25) is 0 Å². The smallest absolute Gasteiger partial charge is 0.153 e. The van der Waals surface area contributed by atoms with Crippen LogP contribution in [0.15, 0.2) is 71.2 Å². The van der Waals surface area contributed by atoms with Gasteiger partial charge in [-0.3, -0.25) is 4.79 Å². The van der Waals surface area contributed by atoms with Gasteiger partial charge in [-0.2, -0.15) is 0 Å². The molecule has 0 aliphatic carbocycles. The van der Waals surface area contributed by atoms with Crippen LogP contribution in [0.2, 0.25) is 0 Å². The van der Waals surface area contributed by atoms with Crippen molar-refractivity contribution in [3.63, 3.8) is 0 Å². The summed E-state index contributed by atoms with van der Waals surface area (Å²) in [4.78, 5) is 11.3. The van der Waals surface area contributed by atoms with E-state index in [9.17, 15) is 4.79 Å². The molecule has 0 aromatic heterocycles. The minimum absolute atomic E-state index is 0.486. The largest absolute Gasteiger partial charge is 0.488 e. The number of carbonyl (C=O) groups is 1. The maximum atomic E-state index is 11.3. The minimum atomic E-state index is 0.486. The second-order valence-electron chi connectivity index (χ2n) is 5.53. The van der Waals surface area contributed by atoms with E-state index in [1.165, 1.54) is 0 Å². The fourth-order valence-corrected chi connectivity index (χ4v) is 2.90. The summed E-state index contributed by atoms with van der Waals surface area (Å²) in [5, 5.41) is 0. The molecule has 25 heavy (non-hydrogen) atoms. The van der Waals surface area contributed by atoms with E-state index < -0.39 is 0 Å². The predicted octanol–water partition coefficient (Wildman–Crippen LogP) is 5.94. The highest BCUT2D eigenvalue weighted by Crippen LogP contribution is 2.36. The Bertz CT molecular complexity index is 876. The molecular weight excluding hydrogens is 380 g/mol. The van der Waals surface area contributed by atoms with Crippen molar-refractivity contribution in [2.75, 3.05) is 0 Å². The van der Waals surface area contributed by atoms with Gasteiger partial charge >= 0.3 is 0 Å². The zero-order chi connectivity index (χ0) is 17.6. The number of hydrogen-bond donors (Lipinski definition) is 0. The van der Waals surface area contributed by atoms with Crippen LogP contribution in [0, 0.1) is 6.92 Å². The van der Waals surface area contributed by atoms with Crippen molar-refractivity contribution in [1.29, 1.82) is 0 Å². The van der Waals surface area contributed by atoms with Crippen LogP contribution in [0.4, 0.5) is 0 Å². The molecule has 0 heterocycles. The van der Waals surface area contributed by atoms with Gasteiger partial charge < -0.3 is 9.47 Å². The van der Waals surface area contributed by atoms with Gasteiger partial charge in [-0.25, -0.2) is 0 Å². The first-order valence-corrected chi connectivity index (χ1v) is 8.66. The zero-order valence-electron chi connectivity index (χ0n) is 13.7. The zero-order valence-corrected chi connectivity index (χ0v) is 15.3. The quantitative estimate of drug-likeness (QED) is 0.483. The number of hydrogen-bond acceptors (Lipinski definition) is 3. The summed E-state index contributed by atoms with van der Waals surface area (Å²) < 4.78 is 12.7. The molecule has 0 aliphatic heterocycles. The van der Waals surface area contributed by atoms with Crippen LogP contribution in [-0.2, 0) is 6.61 Å². The number of benzene rings is 3. The minimum Gasteiger partial charge on any atom is -0.488 e. The van der Waals surface area contributed by atoms with Crippen molar-refractivity contribution in [1.82, 2.24) is 0 Å². The summed E-state index contributed by atoms with van der Waals surface area (Å²) in [5.41, 5.74) is 2.47. The Morgan fingerprint density at radius 1 is 0.920 bits per heavy atom. The number of para-hydroxylation sites is 1. The Morgan fingerprint density at radius 3 is 2.40 bits per heavy atom. The number of halogens is 1. The van der Waals surface area contributed by atoms with Crippen molar-refractivity contribution in [2.45, 2.75) is 13.5 Å². The lowest BCUT2D eigenvalue weighted by molar-refractivity contribution is 0.112. The van der Waals surface area contributed by atoms with Crippen LogP contribution in [0.25, 0.3) is 0 Å². The molecule has 3 nitrogen and oxygen atoms in total. The Kier molecular flexibility index (Phi) is 5.51. The Labute approximate surface area is 155 Å². The van der Waals surface area contributed by atoms with Gasteiger partial charge in [0, 0.05) is 5.56 Å². The number of ether oxygens (including phenoxy) is 2. The van der Waals surface area contributed by atoms with Gasteiger partial charge in [-0.15, -0.1) is 0 Å². The molecule has 0 radical (unpaired) electrons. The highest BCUT2D eigenvalue weighted by Gasteiger charge is 2.12. The van der Waals surface area contributed by atoms with E-state index in [4.69, 9.17) is 9.47 Å². The van der Waals surface area contributed by atoms with Gasteiger partial charge in [-0.05, 0) is 52.7 Å². The molecule has 0 bridgehead atoms. The van der Waals surface area contributed by atoms with E-state index in [1.807, 2.05) is 61.5 Å². The summed E-state index contributed by atoms with van der Waals surface area (Å²) in [7, 11) is 0. The molecule has 0 aliphatic rings. The number of rotatable bonds is 6. The molecule has 3 aromatic carbocycles. The third-order valence-electron chi connectivity index (χ3n) is 3.81. The van der Waals surface area contributed by atoms with E-state index in [1.54, 1.807) is 12.1 Å². The Hall–Kier alpha value is -2.59. The van der Waals surface area contributed by atoms with Crippen LogP contribution in [0.1, 0.15) is 21.5 Å². The average molecular weight is 397 g/mol. The SMILES string of the molecule is Cc1c(OCc2ccccc2)cccc1Oc1c(Br)cccc1C=O. The second kappa shape index (κ2) is 7.99.